The van der Waals surface area contributed by atoms with E-state index in [2.05, 4.69) is 22.5 Å². The molecule has 2 saturated heterocycles. The molecule has 0 saturated carbocycles. The van der Waals surface area contributed by atoms with Crippen molar-refractivity contribution < 1.29 is 4.74 Å². The number of hydrogen-bond acceptors (Lipinski definition) is 2. The Morgan fingerprint density at radius 3 is 2.62 bits per heavy atom. The SMILES string of the molecule is CCNC(=NCCc1c(Cl)cccc1Cl)NC1CC2CCC1O2.I. The molecule has 0 aromatic heterocycles. The van der Waals surface area contributed by atoms with E-state index in [9.17, 15) is 0 Å². The van der Waals surface area contributed by atoms with Crippen LogP contribution in [0.1, 0.15) is 31.7 Å². The summed E-state index contributed by atoms with van der Waals surface area (Å²) >= 11 is 12.4. The van der Waals surface area contributed by atoms with Gasteiger partial charge in [-0.05, 0) is 50.3 Å². The second kappa shape index (κ2) is 9.46. The number of benzene rings is 1. The van der Waals surface area contributed by atoms with Crippen LogP contribution in [0, 0.1) is 0 Å². The lowest BCUT2D eigenvalue weighted by atomic mass is 9.96. The van der Waals surface area contributed by atoms with E-state index in [1.54, 1.807) is 0 Å². The van der Waals surface area contributed by atoms with E-state index in [0.29, 0.717) is 34.8 Å². The number of hydrogen-bond donors (Lipinski definition) is 2. The highest BCUT2D eigenvalue weighted by Gasteiger charge is 2.41. The fraction of sp³-hybridized carbons (Fsp3) is 0.588. The highest BCUT2D eigenvalue weighted by atomic mass is 127. The number of fused-ring (bicyclic) bond motifs is 2. The molecule has 0 radical (unpaired) electrons. The Bertz CT molecular complexity index is 565. The van der Waals surface area contributed by atoms with Crippen LogP contribution in [0.2, 0.25) is 10.0 Å². The lowest BCUT2D eigenvalue weighted by molar-refractivity contribution is 0.0992. The molecular weight excluding hydrogens is 460 g/mol. The summed E-state index contributed by atoms with van der Waals surface area (Å²) < 4.78 is 5.89. The predicted octanol–water partition coefficient (Wildman–Crippen LogP) is 4.03. The minimum absolute atomic E-state index is 0. The van der Waals surface area contributed by atoms with Gasteiger partial charge in [0.25, 0.3) is 0 Å². The fourth-order valence-electron chi connectivity index (χ4n) is 3.34. The Morgan fingerprint density at radius 2 is 2.04 bits per heavy atom. The van der Waals surface area contributed by atoms with Crippen molar-refractivity contribution in [2.45, 2.75) is 50.9 Å². The van der Waals surface area contributed by atoms with Gasteiger partial charge in [-0.15, -0.1) is 24.0 Å². The van der Waals surface area contributed by atoms with Crippen LogP contribution in [0.3, 0.4) is 0 Å². The summed E-state index contributed by atoms with van der Waals surface area (Å²) in [7, 11) is 0. The minimum Gasteiger partial charge on any atom is -0.373 e. The standard InChI is InChI=1S/C17H23Cl2N3O.HI/c1-2-20-17(22-15-10-11-6-7-16(15)23-11)21-9-8-12-13(18)4-3-5-14(12)19;/h3-5,11,15-16H,2,6-10H2,1H3,(H2,20,21,22);1H. The molecule has 0 spiro atoms. The monoisotopic (exact) mass is 483 g/mol. The minimum atomic E-state index is 0. The number of nitrogens with one attached hydrogen (secondary N) is 2. The molecule has 3 rings (SSSR count). The van der Waals surface area contributed by atoms with E-state index >= 15 is 0 Å². The summed E-state index contributed by atoms with van der Waals surface area (Å²) in [5.41, 5.74) is 0.957. The Balaban J connectivity index is 0.00000208. The second-order valence-corrected chi connectivity index (χ2v) is 6.89. The van der Waals surface area contributed by atoms with Crippen molar-refractivity contribution in [3.05, 3.63) is 33.8 Å². The maximum absolute atomic E-state index is 6.21. The maximum atomic E-state index is 6.21. The van der Waals surface area contributed by atoms with Gasteiger partial charge in [0.05, 0.1) is 18.2 Å². The van der Waals surface area contributed by atoms with Crippen LogP contribution in [0.15, 0.2) is 23.2 Å². The van der Waals surface area contributed by atoms with Crippen LogP contribution in [0.4, 0.5) is 0 Å². The van der Waals surface area contributed by atoms with Crippen LogP contribution < -0.4 is 10.6 Å². The van der Waals surface area contributed by atoms with Crippen molar-refractivity contribution >= 4 is 53.1 Å². The Morgan fingerprint density at radius 1 is 1.29 bits per heavy atom. The van der Waals surface area contributed by atoms with Gasteiger partial charge in [-0.2, -0.15) is 0 Å². The third-order valence-electron chi connectivity index (χ3n) is 4.47. The third-order valence-corrected chi connectivity index (χ3v) is 5.17. The van der Waals surface area contributed by atoms with E-state index in [1.807, 2.05) is 18.2 Å². The first-order chi connectivity index (χ1) is 11.2. The fourth-order valence-corrected chi connectivity index (χ4v) is 3.92. The number of rotatable bonds is 5. The average molecular weight is 484 g/mol. The molecule has 2 fully saturated rings. The van der Waals surface area contributed by atoms with Crippen LogP contribution in [-0.2, 0) is 11.2 Å². The van der Waals surface area contributed by atoms with E-state index < -0.39 is 0 Å². The van der Waals surface area contributed by atoms with Crippen LogP contribution in [-0.4, -0.2) is 37.3 Å². The summed E-state index contributed by atoms with van der Waals surface area (Å²) in [5.74, 6) is 0.844. The molecule has 7 heteroatoms. The van der Waals surface area contributed by atoms with Crippen LogP contribution in [0.25, 0.3) is 0 Å². The number of ether oxygens (including phenoxy) is 1. The number of guanidine groups is 1. The Hall–Kier alpha value is -0.240. The highest BCUT2D eigenvalue weighted by molar-refractivity contribution is 14.0. The molecule has 2 N–H and O–H groups in total. The zero-order chi connectivity index (χ0) is 16.2. The topological polar surface area (TPSA) is 45.7 Å². The van der Waals surface area contributed by atoms with E-state index in [0.717, 1.165) is 37.3 Å². The van der Waals surface area contributed by atoms with Crippen molar-refractivity contribution in [1.82, 2.24) is 10.6 Å². The summed E-state index contributed by atoms with van der Waals surface area (Å²) in [5, 5.41) is 8.22. The predicted molar refractivity (Wildman–Crippen MR) is 111 cm³/mol. The summed E-state index contributed by atoms with van der Waals surface area (Å²) in [6, 6.07) is 5.96. The van der Waals surface area contributed by atoms with Gasteiger partial charge in [0, 0.05) is 23.1 Å². The molecule has 2 aliphatic heterocycles. The summed E-state index contributed by atoms with van der Waals surface area (Å²) in [6.45, 7) is 3.54. The number of halogens is 3. The van der Waals surface area contributed by atoms with Crippen molar-refractivity contribution in [3.8, 4) is 0 Å². The molecule has 24 heavy (non-hydrogen) atoms. The van der Waals surface area contributed by atoms with E-state index in [1.165, 1.54) is 6.42 Å². The Kier molecular flexibility index (Phi) is 7.91. The van der Waals surface area contributed by atoms with Gasteiger partial charge >= 0.3 is 0 Å². The molecule has 3 atom stereocenters. The van der Waals surface area contributed by atoms with E-state index in [-0.39, 0.29) is 24.0 Å². The Labute approximate surface area is 170 Å². The molecule has 0 aliphatic carbocycles. The molecule has 134 valence electrons. The smallest absolute Gasteiger partial charge is 0.191 e. The van der Waals surface area contributed by atoms with Crippen LogP contribution in [0.5, 0.6) is 0 Å². The first kappa shape index (κ1) is 20.1. The molecule has 4 nitrogen and oxygen atoms in total. The molecule has 0 amide bonds. The summed E-state index contributed by atoms with van der Waals surface area (Å²) in [6.07, 6.45) is 4.91. The second-order valence-electron chi connectivity index (χ2n) is 6.07. The molecule has 2 aliphatic rings. The van der Waals surface area contributed by atoms with Crippen LogP contribution >= 0.6 is 47.2 Å². The van der Waals surface area contributed by atoms with Crippen molar-refractivity contribution in [1.29, 1.82) is 0 Å². The molecule has 1 aromatic rings. The van der Waals surface area contributed by atoms with Gasteiger partial charge in [-0.3, -0.25) is 4.99 Å². The third kappa shape index (κ3) is 4.90. The first-order valence-electron chi connectivity index (χ1n) is 8.30. The quantitative estimate of drug-likeness (QED) is 0.377. The van der Waals surface area contributed by atoms with Crippen molar-refractivity contribution in [2.24, 2.45) is 4.99 Å². The normalized spacial score (nSPS) is 25.5. The van der Waals surface area contributed by atoms with Gasteiger partial charge in [-0.25, -0.2) is 0 Å². The van der Waals surface area contributed by atoms with Gasteiger partial charge in [-0.1, -0.05) is 29.3 Å². The molecule has 3 unspecified atom stereocenters. The average Bonchev–Trinajstić information content (AvgIpc) is 3.13. The zero-order valence-electron chi connectivity index (χ0n) is 13.7. The largest absolute Gasteiger partial charge is 0.373 e. The molecular formula is C17H24Cl2IN3O. The highest BCUT2D eigenvalue weighted by Crippen LogP contribution is 2.34. The summed E-state index contributed by atoms with van der Waals surface area (Å²) in [4.78, 5) is 4.66. The van der Waals surface area contributed by atoms with Crippen molar-refractivity contribution in [3.63, 3.8) is 0 Å². The van der Waals surface area contributed by atoms with Gasteiger partial charge < -0.3 is 15.4 Å². The number of aliphatic imine (C=N–C) groups is 1. The molecule has 1 aromatic carbocycles. The number of nitrogens with zero attached hydrogens (tertiary/aromatic N) is 1. The van der Waals surface area contributed by atoms with Gasteiger partial charge in [0.1, 0.15) is 0 Å². The maximum Gasteiger partial charge on any atom is 0.191 e. The molecule has 2 bridgehead atoms. The van der Waals surface area contributed by atoms with Gasteiger partial charge in [0.2, 0.25) is 0 Å². The first-order valence-corrected chi connectivity index (χ1v) is 9.06. The zero-order valence-corrected chi connectivity index (χ0v) is 17.6. The van der Waals surface area contributed by atoms with Gasteiger partial charge in [0.15, 0.2) is 5.96 Å². The lowest BCUT2D eigenvalue weighted by Gasteiger charge is -2.22. The van der Waals surface area contributed by atoms with Crippen molar-refractivity contribution in [2.75, 3.05) is 13.1 Å². The molecule has 2 heterocycles. The lowest BCUT2D eigenvalue weighted by Crippen LogP contribution is -2.47. The van der Waals surface area contributed by atoms with E-state index in [4.69, 9.17) is 27.9 Å².